The van der Waals surface area contributed by atoms with Gasteiger partial charge in [-0.25, -0.2) is 4.39 Å². The molecule has 8 heteroatoms. The lowest BCUT2D eigenvalue weighted by atomic mass is 10.2. The van der Waals surface area contributed by atoms with Crippen molar-refractivity contribution in [2.75, 3.05) is 39.6 Å². The Balaban J connectivity index is 1.39. The van der Waals surface area contributed by atoms with Crippen LogP contribution in [0.25, 0.3) is 11.5 Å². The highest BCUT2D eigenvalue weighted by Gasteiger charge is 2.09. The summed E-state index contributed by atoms with van der Waals surface area (Å²) in [7, 11) is 4.09. The lowest BCUT2D eigenvalue weighted by Crippen LogP contribution is -2.15. The first-order chi connectivity index (χ1) is 14.6. The van der Waals surface area contributed by atoms with Gasteiger partial charge in [0.25, 0.3) is 0 Å². The zero-order valence-corrected chi connectivity index (χ0v) is 18.0. The molecule has 30 heavy (non-hydrogen) atoms. The quantitative estimate of drug-likeness (QED) is 0.391. The van der Waals surface area contributed by atoms with Crippen molar-refractivity contribution in [2.45, 2.75) is 12.2 Å². The van der Waals surface area contributed by atoms with E-state index in [9.17, 15) is 4.39 Å². The number of rotatable bonds is 12. The summed E-state index contributed by atoms with van der Waals surface area (Å²) in [6, 6.07) is 14.0. The summed E-state index contributed by atoms with van der Waals surface area (Å²) in [5.41, 5.74) is 0.849. The van der Waals surface area contributed by atoms with Crippen molar-refractivity contribution in [1.29, 1.82) is 0 Å². The number of para-hydroxylation sites is 1. The fraction of sp³-hybridized carbons (Fsp3) is 0.364. The van der Waals surface area contributed by atoms with Gasteiger partial charge in [-0.1, -0.05) is 12.1 Å². The molecule has 0 spiro atoms. The standard InChI is InChI=1S/C22H26FN3O3S/c1-26(2)12-5-13-27-18-10-8-17(9-11-18)22-25-24-21(29-22)16-30-15-14-28-20-7-4-3-6-19(20)23/h3-4,6-11H,5,12-16H2,1-2H3. The number of benzene rings is 2. The van der Waals surface area contributed by atoms with Crippen LogP contribution in [0.5, 0.6) is 11.5 Å². The van der Waals surface area contributed by atoms with Crippen molar-refractivity contribution in [3.8, 4) is 23.0 Å². The Kier molecular flexibility index (Phi) is 8.53. The van der Waals surface area contributed by atoms with Crippen LogP contribution >= 0.6 is 11.8 Å². The molecule has 1 aromatic heterocycles. The average molecular weight is 432 g/mol. The van der Waals surface area contributed by atoms with Crippen molar-refractivity contribution in [2.24, 2.45) is 0 Å². The van der Waals surface area contributed by atoms with E-state index in [-0.39, 0.29) is 11.6 Å². The third-order valence-electron chi connectivity index (χ3n) is 4.13. The topological polar surface area (TPSA) is 60.6 Å². The molecule has 3 rings (SSSR count). The molecule has 0 N–H and O–H groups in total. The van der Waals surface area contributed by atoms with Gasteiger partial charge in [0.15, 0.2) is 11.6 Å². The zero-order valence-electron chi connectivity index (χ0n) is 17.2. The largest absolute Gasteiger partial charge is 0.494 e. The van der Waals surface area contributed by atoms with Gasteiger partial charge in [0.1, 0.15) is 5.75 Å². The molecule has 0 aliphatic carbocycles. The van der Waals surface area contributed by atoms with Crippen molar-refractivity contribution < 1.29 is 18.3 Å². The summed E-state index contributed by atoms with van der Waals surface area (Å²) < 4.78 is 30.4. The molecular formula is C22H26FN3O3S. The molecule has 0 saturated carbocycles. The molecule has 1 heterocycles. The number of hydrogen-bond donors (Lipinski definition) is 0. The third kappa shape index (κ3) is 7.03. The minimum Gasteiger partial charge on any atom is -0.494 e. The zero-order chi connectivity index (χ0) is 21.2. The van der Waals surface area contributed by atoms with Crippen LogP contribution in [-0.2, 0) is 5.75 Å². The maximum atomic E-state index is 13.5. The number of halogens is 1. The summed E-state index contributed by atoms with van der Waals surface area (Å²) in [6.45, 7) is 2.08. The molecule has 0 aliphatic rings. The normalized spacial score (nSPS) is 11.1. The van der Waals surface area contributed by atoms with Gasteiger partial charge in [0, 0.05) is 17.9 Å². The first-order valence-corrected chi connectivity index (χ1v) is 10.9. The molecule has 160 valence electrons. The first-order valence-electron chi connectivity index (χ1n) is 9.77. The van der Waals surface area contributed by atoms with Gasteiger partial charge < -0.3 is 18.8 Å². The Hall–Kier alpha value is -2.58. The van der Waals surface area contributed by atoms with Crippen molar-refractivity contribution in [3.05, 3.63) is 60.2 Å². The van der Waals surface area contributed by atoms with Gasteiger partial charge in [-0.3, -0.25) is 0 Å². The van der Waals surface area contributed by atoms with E-state index in [1.807, 2.05) is 38.4 Å². The second-order valence-electron chi connectivity index (χ2n) is 6.86. The van der Waals surface area contributed by atoms with Gasteiger partial charge in [-0.05, 0) is 56.9 Å². The highest BCUT2D eigenvalue weighted by atomic mass is 32.2. The number of aromatic nitrogens is 2. The Labute approximate surface area is 180 Å². The second-order valence-corrected chi connectivity index (χ2v) is 7.97. The van der Waals surface area contributed by atoms with Crippen molar-refractivity contribution in [1.82, 2.24) is 15.1 Å². The van der Waals surface area contributed by atoms with E-state index >= 15 is 0 Å². The van der Waals surface area contributed by atoms with E-state index < -0.39 is 0 Å². The van der Waals surface area contributed by atoms with Crippen molar-refractivity contribution >= 4 is 11.8 Å². The van der Waals surface area contributed by atoms with Gasteiger partial charge in [-0.2, -0.15) is 0 Å². The van der Waals surface area contributed by atoms with E-state index in [2.05, 4.69) is 15.1 Å². The molecule has 0 radical (unpaired) electrons. The van der Waals surface area contributed by atoms with Gasteiger partial charge in [-0.15, -0.1) is 22.0 Å². The molecule has 3 aromatic rings. The summed E-state index contributed by atoms with van der Waals surface area (Å²) in [4.78, 5) is 2.13. The molecule has 0 unspecified atom stereocenters. The fourth-order valence-corrected chi connectivity index (χ4v) is 3.26. The molecule has 0 bridgehead atoms. The number of hydrogen-bond acceptors (Lipinski definition) is 7. The van der Waals surface area contributed by atoms with Crippen LogP contribution in [0.15, 0.2) is 52.9 Å². The van der Waals surface area contributed by atoms with E-state index in [1.54, 1.807) is 30.0 Å². The fourth-order valence-electron chi connectivity index (χ4n) is 2.62. The van der Waals surface area contributed by atoms with Crippen molar-refractivity contribution in [3.63, 3.8) is 0 Å². The van der Waals surface area contributed by atoms with Crippen LogP contribution in [0, 0.1) is 5.82 Å². The van der Waals surface area contributed by atoms with Gasteiger partial charge in [0.05, 0.1) is 19.0 Å². The Bertz CT molecular complexity index is 903. The number of nitrogens with zero attached hydrogens (tertiary/aromatic N) is 3. The Morgan fingerprint density at radius 3 is 2.57 bits per heavy atom. The van der Waals surface area contributed by atoms with E-state index in [0.29, 0.717) is 36.5 Å². The Morgan fingerprint density at radius 1 is 1.00 bits per heavy atom. The van der Waals surface area contributed by atoms with Crippen LogP contribution in [0.4, 0.5) is 4.39 Å². The maximum Gasteiger partial charge on any atom is 0.247 e. The molecule has 2 aromatic carbocycles. The smallest absolute Gasteiger partial charge is 0.247 e. The summed E-state index contributed by atoms with van der Waals surface area (Å²) in [6.07, 6.45) is 0.977. The second kappa shape index (κ2) is 11.6. The maximum absolute atomic E-state index is 13.5. The van der Waals surface area contributed by atoms with Gasteiger partial charge in [0.2, 0.25) is 11.8 Å². The van der Waals surface area contributed by atoms with E-state index in [0.717, 1.165) is 24.3 Å². The lowest BCUT2D eigenvalue weighted by Gasteiger charge is -2.10. The predicted molar refractivity (Wildman–Crippen MR) is 116 cm³/mol. The highest BCUT2D eigenvalue weighted by molar-refractivity contribution is 7.98. The minimum atomic E-state index is -0.353. The minimum absolute atomic E-state index is 0.267. The van der Waals surface area contributed by atoms with Crippen LogP contribution in [0.3, 0.4) is 0 Å². The highest BCUT2D eigenvalue weighted by Crippen LogP contribution is 2.23. The van der Waals surface area contributed by atoms with Gasteiger partial charge >= 0.3 is 0 Å². The summed E-state index contributed by atoms with van der Waals surface area (Å²) in [5, 5.41) is 8.20. The van der Waals surface area contributed by atoms with Crippen LogP contribution in [-0.4, -0.2) is 54.7 Å². The molecule has 0 amide bonds. The molecular weight excluding hydrogens is 405 g/mol. The number of ether oxygens (including phenoxy) is 2. The van der Waals surface area contributed by atoms with E-state index in [4.69, 9.17) is 13.9 Å². The molecule has 6 nitrogen and oxygen atoms in total. The SMILES string of the molecule is CN(C)CCCOc1ccc(-c2nnc(CSCCOc3ccccc3F)o2)cc1. The lowest BCUT2D eigenvalue weighted by molar-refractivity contribution is 0.281. The average Bonchev–Trinajstić information content (AvgIpc) is 3.21. The molecule has 0 saturated heterocycles. The molecule has 0 fully saturated rings. The number of thioether (sulfide) groups is 1. The van der Waals surface area contributed by atoms with Crippen LogP contribution in [0.1, 0.15) is 12.3 Å². The van der Waals surface area contributed by atoms with Crippen LogP contribution in [0.2, 0.25) is 0 Å². The predicted octanol–water partition coefficient (Wildman–Crippen LogP) is 4.52. The summed E-state index contributed by atoms with van der Waals surface area (Å²) in [5.74, 6) is 3.02. The van der Waals surface area contributed by atoms with Crippen LogP contribution < -0.4 is 9.47 Å². The Morgan fingerprint density at radius 2 is 1.80 bits per heavy atom. The molecule has 0 aliphatic heterocycles. The monoisotopic (exact) mass is 431 g/mol. The molecule has 0 atom stereocenters. The summed E-state index contributed by atoms with van der Waals surface area (Å²) >= 11 is 1.59. The first kappa shape index (κ1) is 22.1. The van der Waals surface area contributed by atoms with E-state index in [1.165, 1.54) is 6.07 Å². The third-order valence-corrected chi connectivity index (χ3v) is 5.04.